The molecule has 0 bridgehead atoms. The highest BCUT2D eigenvalue weighted by Gasteiger charge is 2.16. The average Bonchev–Trinajstić information content (AvgIpc) is 3.10. The zero-order chi connectivity index (χ0) is 29.6. The fourth-order valence-corrected chi connectivity index (χ4v) is 6.35. The van der Waals surface area contributed by atoms with Crippen LogP contribution in [0.2, 0.25) is 0 Å². The van der Waals surface area contributed by atoms with Crippen molar-refractivity contribution in [3.8, 4) is 56.6 Å². The lowest BCUT2D eigenvalue weighted by Crippen LogP contribution is -1.90. The van der Waals surface area contributed by atoms with Gasteiger partial charge in [-0.2, -0.15) is 10.5 Å². The summed E-state index contributed by atoms with van der Waals surface area (Å²) in [5, 5.41) is 26.0. The Morgan fingerprint density at radius 3 is 1.30 bits per heavy atom. The van der Waals surface area contributed by atoms with Gasteiger partial charge in [0.05, 0.1) is 11.1 Å². The smallest absolute Gasteiger partial charge is 0.101 e. The lowest BCUT2D eigenvalue weighted by molar-refractivity contribution is 1.30. The fraction of sp³-hybridized carbons (Fsp3) is 0. The largest absolute Gasteiger partial charge is 0.263 e. The minimum absolute atomic E-state index is 0.546. The number of hydrogen-bond donors (Lipinski definition) is 0. The average molecular weight is 559 g/mol. The number of aromatic nitrogens is 2. The number of hydrogen-bond acceptors (Lipinski definition) is 4. The fourth-order valence-electron chi connectivity index (χ4n) is 6.35. The second kappa shape index (κ2) is 10.2. The Morgan fingerprint density at radius 2 is 0.841 bits per heavy atom. The summed E-state index contributed by atoms with van der Waals surface area (Å²) in [6, 6.07) is 42.8. The first-order chi connectivity index (χ1) is 21.7. The Hall–Kier alpha value is -6.36. The van der Waals surface area contributed by atoms with Crippen molar-refractivity contribution in [1.82, 2.24) is 9.97 Å². The molecule has 0 fully saturated rings. The summed E-state index contributed by atoms with van der Waals surface area (Å²) in [6.45, 7) is 0. The number of benzene rings is 6. The minimum atomic E-state index is 0.546. The van der Waals surface area contributed by atoms with Gasteiger partial charge in [-0.05, 0) is 90.0 Å². The molecule has 0 aliphatic rings. The molecule has 2 heterocycles. The summed E-state index contributed by atoms with van der Waals surface area (Å²) < 4.78 is 0. The SMILES string of the molecule is N#Cc1cncc(-c2cccc(-c3ccc4ccc5c(-c6cccc(-c7cncc(C#N)c7)c6)ccc6ccc3c4c65)c2)c1. The van der Waals surface area contributed by atoms with E-state index >= 15 is 0 Å². The van der Waals surface area contributed by atoms with Crippen LogP contribution in [0.1, 0.15) is 11.1 Å². The van der Waals surface area contributed by atoms with Gasteiger partial charge in [0.2, 0.25) is 0 Å². The lowest BCUT2D eigenvalue weighted by atomic mass is 9.86. The number of nitrogens with zero attached hydrogens (tertiary/aromatic N) is 4. The quantitative estimate of drug-likeness (QED) is 0.202. The van der Waals surface area contributed by atoms with E-state index in [1.54, 1.807) is 24.8 Å². The van der Waals surface area contributed by atoms with E-state index in [0.717, 1.165) is 44.5 Å². The molecule has 2 aromatic heterocycles. The molecule has 0 amide bonds. The second-order valence-electron chi connectivity index (χ2n) is 11.0. The van der Waals surface area contributed by atoms with Crippen LogP contribution >= 0.6 is 0 Å². The maximum Gasteiger partial charge on any atom is 0.101 e. The van der Waals surface area contributed by atoms with Crippen molar-refractivity contribution in [2.75, 3.05) is 0 Å². The monoisotopic (exact) mass is 558 g/mol. The van der Waals surface area contributed by atoms with Gasteiger partial charge in [-0.25, -0.2) is 0 Å². The molecule has 4 heteroatoms. The van der Waals surface area contributed by atoms with Gasteiger partial charge < -0.3 is 0 Å². The van der Waals surface area contributed by atoms with Gasteiger partial charge in [0.15, 0.2) is 0 Å². The van der Waals surface area contributed by atoms with Gasteiger partial charge in [-0.1, -0.05) is 84.9 Å². The van der Waals surface area contributed by atoms with Gasteiger partial charge in [-0.15, -0.1) is 0 Å². The van der Waals surface area contributed by atoms with E-state index in [2.05, 4.69) is 119 Å². The van der Waals surface area contributed by atoms with E-state index in [4.69, 9.17) is 0 Å². The van der Waals surface area contributed by atoms with Crippen LogP contribution in [0.3, 0.4) is 0 Å². The Bertz CT molecular complexity index is 2300. The van der Waals surface area contributed by atoms with Crippen LogP contribution < -0.4 is 0 Å². The van der Waals surface area contributed by atoms with Crippen LogP contribution in [0, 0.1) is 22.7 Å². The highest BCUT2D eigenvalue weighted by Crippen LogP contribution is 2.43. The Morgan fingerprint density at radius 1 is 0.409 bits per heavy atom. The Kier molecular flexibility index (Phi) is 5.86. The normalized spacial score (nSPS) is 11.1. The van der Waals surface area contributed by atoms with Gasteiger partial charge in [0.25, 0.3) is 0 Å². The highest BCUT2D eigenvalue weighted by atomic mass is 14.6. The topological polar surface area (TPSA) is 73.4 Å². The van der Waals surface area contributed by atoms with Crippen LogP contribution in [0.25, 0.3) is 76.8 Å². The molecule has 202 valence electrons. The van der Waals surface area contributed by atoms with E-state index in [9.17, 15) is 10.5 Å². The van der Waals surface area contributed by atoms with E-state index < -0.39 is 0 Å². The highest BCUT2D eigenvalue weighted by molar-refractivity contribution is 6.27. The van der Waals surface area contributed by atoms with Gasteiger partial charge >= 0.3 is 0 Å². The Balaban J connectivity index is 1.30. The molecule has 44 heavy (non-hydrogen) atoms. The number of rotatable bonds is 4. The van der Waals surface area contributed by atoms with Crippen molar-refractivity contribution >= 4 is 32.3 Å². The summed E-state index contributed by atoms with van der Waals surface area (Å²) in [6.07, 6.45) is 6.78. The molecule has 0 N–H and O–H groups in total. The zero-order valence-electron chi connectivity index (χ0n) is 23.5. The van der Waals surface area contributed by atoms with Crippen LogP contribution in [0.5, 0.6) is 0 Å². The van der Waals surface area contributed by atoms with Gasteiger partial charge in [0, 0.05) is 35.9 Å². The molecule has 8 aromatic rings. The van der Waals surface area contributed by atoms with Gasteiger partial charge in [0.1, 0.15) is 12.1 Å². The summed E-state index contributed by atoms with van der Waals surface area (Å²) in [5.41, 5.74) is 9.54. The van der Waals surface area contributed by atoms with Crippen LogP contribution in [-0.4, -0.2) is 9.97 Å². The third kappa shape index (κ3) is 4.14. The molecule has 6 aromatic carbocycles. The third-order valence-electron chi connectivity index (χ3n) is 8.41. The molecule has 0 saturated carbocycles. The van der Waals surface area contributed by atoms with E-state index in [0.29, 0.717) is 11.1 Å². The third-order valence-corrected chi connectivity index (χ3v) is 8.41. The first-order valence-corrected chi connectivity index (χ1v) is 14.3. The van der Waals surface area contributed by atoms with E-state index in [1.165, 1.54) is 32.3 Å². The predicted octanol–water partition coefficient (Wildman–Crippen LogP) is 9.79. The zero-order valence-corrected chi connectivity index (χ0v) is 23.5. The Labute approximate surface area is 254 Å². The van der Waals surface area contributed by atoms with Crippen molar-refractivity contribution < 1.29 is 0 Å². The van der Waals surface area contributed by atoms with Crippen LogP contribution in [0.4, 0.5) is 0 Å². The lowest BCUT2D eigenvalue weighted by Gasteiger charge is -2.17. The molecule has 0 saturated heterocycles. The van der Waals surface area contributed by atoms with E-state index in [-0.39, 0.29) is 0 Å². The number of pyridine rings is 2. The second-order valence-corrected chi connectivity index (χ2v) is 11.0. The van der Waals surface area contributed by atoms with Gasteiger partial charge in [-0.3, -0.25) is 9.97 Å². The van der Waals surface area contributed by atoms with E-state index in [1.807, 2.05) is 12.1 Å². The summed E-state index contributed by atoms with van der Waals surface area (Å²) >= 11 is 0. The standard InChI is InChI=1S/C40H22N4/c41-19-25-15-33(23-43-21-25)29-3-1-5-31(17-29)35-11-7-27-10-14-38-36(12-8-28-9-13-37(35)39(27)40(28)38)32-6-2-4-30(18-32)34-16-26(20-42)22-44-24-34/h1-18,21-24H. The van der Waals surface area contributed by atoms with Crippen molar-refractivity contribution in [2.45, 2.75) is 0 Å². The number of nitriles is 2. The van der Waals surface area contributed by atoms with Crippen LogP contribution in [-0.2, 0) is 0 Å². The molecule has 8 rings (SSSR count). The molecule has 0 spiro atoms. The molecule has 0 radical (unpaired) electrons. The first kappa shape index (κ1) is 25.4. The first-order valence-electron chi connectivity index (χ1n) is 14.3. The maximum atomic E-state index is 9.37. The van der Waals surface area contributed by atoms with Crippen molar-refractivity contribution in [3.05, 3.63) is 145 Å². The molecular weight excluding hydrogens is 536 g/mol. The predicted molar refractivity (Wildman–Crippen MR) is 177 cm³/mol. The summed E-state index contributed by atoms with van der Waals surface area (Å²) in [5.74, 6) is 0. The maximum absolute atomic E-state index is 9.37. The molecule has 0 unspecified atom stereocenters. The molecule has 4 nitrogen and oxygen atoms in total. The molecule has 0 atom stereocenters. The molecule has 0 aliphatic carbocycles. The van der Waals surface area contributed by atoms with Crippen molar-refractivity contribution in [3.63, 3.8) is 0 Å². The van der Waals surface area contributed by atoms with Crippen LogP contribution in [0.15, 0.2) is 134 Å². The minimum Gasteiger partial charge on any atom is -0.263 e. The summed E-state index contributed by atoms with van der Waals surface area (Å²) in [7, 11) is 0. The van der Waals surface area contributed by atoms with Crippen molar-refractivity contribution in [1.29, 1.82) is 10.5 Å². The molecular formula is C40H22N4. The molecule has 0 aliphatic heterocycles. The summed E-state index contributed by atoms with van der Waals surface area (Å²) in [4.78, 5) is 8.53. The van der Waals surface area contributed by atoms with Crippen molar-refractivity contribution in [2.24, 2.45) is 0 Å².